The largest absolute Gasteiger partial charge is 0.328 e. The normalized spacial score (nSPS) is 11.2. The molecule has 16 heavy (non-hydrogen) atoms. The second kappa shape index (κ2) is 3.96. The molecule has 0 saturated heterocycles. The van der Waals surface area contributed by atoms with Crippen LogP contribution in [0.4, 0.5) is 0 Å². The number of imidazole rings is 1. The Bertz CT molecular complexity index is 597. The summed E-state index contributed by atoms with van der Waals surface area (Å²) in [4.78, 5) is 11.8. The smallest absolute Gasteiger partial charge is 0.316 e. The van der Waals surface area contributed by atoms with Gasteiger partial charge in [-0.05, 0) is 24.7 Å². The minimum absolute atomic E-state index is 0.0328. The first kappa shape index (κ1) is 11.2. The first-order chi connectivity index (χ1) is 7.56. The van der Waals surface area contributed by atoms with E-state index in [9.17, 15) is 4.79 Å². The maximum atomic E-state index is 11.8. The van der Waals surface area contributed by atoms with Gasteiger partial charge >= 0.3 is 5.69 Å². The topological polar surface area (TPSA) is 39.0 Å². The van der Waals surface area contributed by atoms with Gasteiger partial charge < -0.3 is 5.32 Å². The number of hydrogen-bond acceptors (Lipinski definition) is 2. The third kappa shape index (κ3) is 1.54. The van der Waals surface area contributed by atoms with E-state index in [-0.39, 0.29) is 5.69 Å². The molecule has 0 atom stereocenters. The summed E-state index contributed by atoms with van der Waals surface area (Å²) in [6.45, 7) is 0.689. The molecule has 0 spiro atoms. The molecule has 0 aliphatic rings. The second-order valence-corrected chi connectivity index (χ2v) is 4.30. The average Bonchev–Trinajstić information content (AvgIpc) is 2.44. The molecule has 0 amide bonds. The molecule has 1 aromatic carbocycles. The predicted octanol–water partition coefficient (Wildman–Crippen LogP) is 1.25. The zero-order valence-electron chi connectivity index (χ0n) is 9.54. The van der Waals surface area contributed by atoms with Crippen molar-refractivity contribution in [1.82, 2.24) is 14.5 Å². The molecule has 0 radical (unpaired) electrons. The summed E-state index contributed by atoms with van der Waals surface area (Å²) >= 11 is 6.04. The van der Waals surface area contributed by atoms with Crippen LogP contribution >= 0.6 is 11.6 Å². The third-order valence-electron chi connectivity index (χ3n) is 2.77. The summed E-state index contributed by atoms with van der Waals surface area (Å²) in [7, 11) is 5.40. The van der Waals surface area contributed by atoms with Gasteiger partial charge in [0.25, 0.3) is 0 Å². The molecule has 0 unspecified atom stereocenters. The Labute approximate surface area is 98.4 Å². The number of nitrogens with one attached hydrogen (secondary N) is 1. The van der Waals surface area contributed by atoms with E-state index >= 15 is 0 Å². The van der Waals surface area contributed by atoms with Gasteiger partial charge in [-0.1, -0.05) is 11.6 Å². The number of hydrogen-bond donors (Lipinski definition) is 1. The Morgan fingerprint density at radius 3 is 2.62 bits per heavy atom. The molecular weight excluding hydrogens is 226 g/mol. The van der Waals surface area contributed by atoms with Crippen molar-refractivity contribution in [1.29, 1.82) is 0 Å². The summed E-state index contributed by atoms with van der Waals surface area (Å²) < 4.78 is 3.26. The minimum Gasteiger partial charge on any atom is -0.316 e. The van der Waals surface area contributed by atoms with Gasteiger partial charge in [0, 0.05) is 25.7 Å². The van der Waals surface area contributed by atoms with Gasteiger partial charge in [0.15, 0.2) is 0 Å². The van der Waals surface area contributed by atoms with Crippen molar-refractivity contribution < 1.29 is 0 Å². The first-order valence-corrected chi connectivity index (χ1v) is 5.42. The summed E-state index contributed by atoms with van der Waals surface area (Å²) in [5, 5.41) is 3.73. The number of halogens is 1. The molecular formula is C11H14ClN3O. The minimum atomic E-state index is -0.0328. The highest BCUT2D eigenvalue weighted by atomic mass is 35.5. The third-order valence-corrected chi connectivity index (χ3v) is 2.99. The molecule has 2 aromatic rings. The average molecular weight is 240 g/mol. The molecule has 4 nitrogen and oxygen atoms in total. The van der Waals surface area contributed by atoms with E-state index in [4.69, 9.17) is 11.6 Å². The Hall–Kier alpha value is -1.26. The van der Waals surface area contributed by atoms with Gasteiger partial charge in [-0.2, -0.15) is 0 Å². The number of aryl methyl sites for hydroxylation is 2. The van der Waals surface area contributed by atoms with Crippen LogP contribution in [0.15, 0.2) is 16.9 Å². The number of fused-ring (bicyclic) bond motifs is 1. The molecule has 0 fully saturated rings. The maximum Gasteiger partial charge on any atom is 0.328 e. The number of benzene rings is 1. The van der Waals surface area contributed by atoms with Gasteiger partial charge in [-0.25, -0.2) is 4.79 Å². The highest BCUT2D eigenvalue weighted by Gasteiger charge is 2.12. The lowest BCUT2D eigenvalue weighted by molar-refractivity contribution is 0.784. The van der Waals surface area contributed by atoms with Crippen LogP contribution in [0.3, 0.4) is 0 Å². The molecule has 1 heterocycles. The van der Waals surface area contributed by atoms with Crippen LogP contribution in [-0.2, 0) is 20.6 Å². The van der Waals surface area contributed by atoms with Crippen molar-refractivity contribution in [3.63, 3.8) is 0 Å². The van der Waals surface area contributed by atoms with E-state index in [0.29, 0.717) is 11.6 Å². The van der Waals surface area contributed by atoms with Crippen molar-refractivity contribution in [2.45, 2.75) is 6.54 Å². The fraction of sp³-hybridized carbons (Fsp3) is 0.364. The van der Waals surface area contributed by atoms with Crippen molar-refractivity contribution >= 4 is 22.6 Å². The van der Waals surface area contributed by atoms with Gasteiger partial charge in [-0.3, -0.25) is 9.13 Å². The summed E-state index contributed by atoms with van der Waals surface area (Å²) in [5.41, 5.74) is 2.80. The second-order valence-electron chi connectivity index (χ2n) is 3.86. The van der Waals surface area contributed by atoms with E-state index in [0.717, 1.165) is 16.6 Å². The van der Waals surface area contributed by atoms with Crippen LogP contribution in [0.1, 0.15) is 5.56 Å². The van der Waals surface area contributed by atoms with E-state index in [1.165, 1.54) is 0 Å². The van der Waals surface area contributed by atoms with Crippen LogP contribution in [-0.4, -0.2) is 16.2 Å². The summed E-state index contributed by atoms with van der Waals surface area (Å²) in [6.07, 6.45) is 0. The zero-order chi connectivity index (χ0) is 11.9. The van der Waals surface area contributed by atoms with E-state index < -0.39 is 0 Å². The quantitative estimate of drug-likeness (QED) is 0.857. The molecule has 1 N–H and O–H groups in total. The van der Waals surface area contributed by atoms with Crippen LogP contribution < -0.4 is 11.0 Å². The SMILES string of the molecule is CNCc1cc(Cl)cc2c1n(C)c(=O)n2C. The highest BCUT2D eigenvalue weighted by Crippen LogP contribution is 2.22. The van der Waals surface area contributed by atoms with Gasteiger partial charge in [0.05, 0.1) is 11.0 Å². The van der Waals surface area contributed by atoms with Gasteiger partial charge in [0.1, 0.15) is 0 Å². The van der Waals surface area contributed by atoms with Crippen LogP contribution in [0.2, 0.25) is 5.02 Å². The fourth-order valence-corrected chi connectivity index (χ4v) is 2.27. The van der Waals surface area contributed by atoms with Crippen molar-refractivity contribution in [2.75, 3.05) is 7.05 Å². The molecule has 2 rings (SSSR count). The van der Waals surface area contributed by atoms with E-state index in [2.05, 4.69) is 5.32 Å². The number of rotatable bonds is 2. The summed E-state index contributed by atoms with van der Waals surface area (Å²) in [6, 6.07) is 3.71. The number of nitrogens with zero attached hydrogens (tertiary/aromatic N) is 2. The van der Waals surface area contributed by atoms with E-state index in [1.807, 2.05) is 19.2 Å². The lowest BCUT2D eigenvalue weighted by Crippen LogP contribution is -2.19. The molecule has 0 aliphatic heterocycles. The summed E-state index contributed by atoms with van der Waals surface area (Å²) in [5.74, 6) is 0. The maximum absolute atomic E-state index is 11.8. The zero-order valence-corrected chi connectivity index (χ0v) is 10.3. The molecule has 0 saturated carbocycles. The highest BCUT2D eigenvalue weighted by molar-refractivity contribution is 6.31. The van der Waals surface area contributed by atoms with Crippen molar-refractivity contribution in [3.05, 3.63) is 33.2 Å². The molecule has 86 valence electrons. The Morgan fingerprint density at radius 1 is 1.31 bits per heavy atom. The lowest BCUT2D eigenvalue weighted by Gasteiger charge is -2.05. The van der Waals surface area contributed by atoms with Gasteiger partial charge in [0.2, 0.25) is 0 Å². The van der Waals surface area contributed by atoms with Gasteiger partial charge in [-0.15, -0.1) is 0 Å². The monoisotopic (exact) mass is 239 g/mol. The van der Waals surface area contributed by atoms with Crippen LogP contribution in [0.5, 0.6) is 0 Å². The first-order valence-electron chi connectivity index (χ1n) is 5.04. The fourth-order valence-electron chi connectivity index (χ4n) is 2.03. The predicted molar refractivity (Wildman–Crippen MR) is 65.9 cm³/mol. The van der Waals surface area contributed by atoms with Crippen LogP contribution in [0, 0.1) is 0 Å². The standard InChI is InChI=1S/C11H14ClN3O/c1-13-6-7-4-8(12)5-9-10(7)15(3)11(16)14(9)2/h4-5,13H,6H2,1-3H3. The molecule has 0 bridgehead atoms. The van der Waals surface area contributed by atoms with Crippen molar-refractivity contribution in [2.24, 2.45) is 14.1 Å². The van der Waals surface area contributed by atoms with Crippen LogP contribution in [0.25, 0.3) is 11.0 Å². The molecule has 1 aromatic heterocycles. The Morgan fingerprint density at radius 2 is 2.00 bits per heavy atom. The van der Waals surface area contributed by atoms with E-state index in [1.54, 1.807) is 23.2 Å². The lowest BCUT2D eigenvalue weighted by atomic mass is 10.2. The van der Waals surface area contributed by atoms with Crippen molar-refractivity contribution in [3.8, 4) is 0 Å². The number of aromatic nitrogens is 2. The molecule has 0 aliphatic carbocycles. The molecule has 5 heteroatoms. The Kier molecular flexibility index (Phi) is 2.78. The Balaban J connectivity index is 2.90.